The van der Waals surface area contributed by atoms with E-state index >= 15 is 0 Å². The molecule has 132 valence electrons. The van der Waals surface area contributed by atoms with Crippen molar-refractivity contribution in [1.29, 1.82) is 0 Å². The molecule has 1 atom stereocenters. The average Bonchev–Trinajstić information content (AvgIpc) is 3.13. The molecular formula is C19H22N2O3S. The van der Waals surface area contributed by atoms with Crippen molar-refractivity contribution in [3.05, 3.63) is 52.5 Å². The summed E-state index contributed by atoms with van der Waals surface area (Å²) in [4.78, 5) is 27.3. The summed E-state index contributed by atoms with van der Waals surface area (Å²) in [5.41, 5.74) is 1.70. The standard InChI is InChI=1S/C19H22N2O3S/c1-2-24-19(23)18-16(11-20-25-18)15-9-6-10-21(12-15)13-17(22)14-7-4-3-5-8-14/h3-5,7-8,11,15H,2,6,9-10,12-13H2,1H3. The van der Waals surface area contributed by atoms with Crippen LogP contribution in [0.3, 0.4) is 0 Å². The third-order valence-electron chi connectivity index (χ3n) is 4.47. The fraction of sp³-hybridized carbons (Fsp3) is 0.421. The van der Waals surface area contributed by atoms with Gasteiger partial charge in [0.15, 0.2) is 5.78 Å². The molecule has 0 saturated carbocycles. The molecule has 0 radical (unpaired) electrons. The van der Waals surface area contributed by atoms with Crippen LogP contribution in [0.25, 0.3) is 0 Å². The van der Waals surface area contributed by atoms with E-state index in [1.54, 1.807) is 13.1 Å². The van der Waals surface area contributed by atoms with Gasteiger partial charge in [0.05, 0.1) is 13.2 Å². The van der Waals surface area contributed by atoms with Gasteiger partial charge in [0.1, 0.15) is 4.88 Å². The molecule has 5 nitrogen and oxygen atoms in total. The lowest BCUT2D eigenvalue weighted by atomic mass is 9.91. The van der Waals surface area contributed by atoms with Gasteiger partial charge in [-0.15, -0.1) is 0 Å². The Labute approximate surface area is 151 Å². The average molecular weight is 358 g/mol. The number of esters is 1. The number of Topliss-reactive ketones (excluding diaryl/α,β-unsaturated/α-hetero) is 1. The minimum atomic E-state index is -0.294. The van der Waals surface area contributed by atoms with Crippen LogP contribution in [0.1, 0.15) is 51.3 Å². The molecule has 1 fully saturated rings. The normalized spacial score (nSPS) is 18.0. The number of carbonyl (C=O) groups excluding carboxylic acids is 2. The number of nitrogens with zero attached hydrogens (tertiary/aromatic N) is 2. The van der Waals surface area contributed by atoms with Gasteiger partial charge in [-0.05, 0) is 43.8 Å². The van der Waals surface area contributed by atoms with Crippen LogP contribution in [-0.2, 0) is 4.74 Å². The first-order valence-electron chi connectivity index (χ1n) is 8.61. The molecular weight excluding hydrogens is 336 g/mol. The highest BCUT2D eigenvalue weighted by atomic mass is 32.1. The molecule has 2 heterocycles. The van der Waals surface area contributed by atoms with Crippen LogP contribution in [0.2, 0.25) is 0 Å². The number of likely N-dealkylation sites (tertiary alicyclic amines) is 1. The first kappa shape index (κ1) is 17.8. The summed E-state index contributed by atoms with van der Waals surface area (Å²) in [5, 5.41) is 0. The van der Waals surface area contributed by atoms with Gasteiger partial charge in [0, 0.05) is 23.9 Å². The summed E-state index contributed by atoms with van der Waals surface area (Å²) in [5.74, 6) is 0.0586. The molecule has 1 unspecified atom stereocenters. The molecule has 1 saturated heterocycles. The summed E-state index contributed by atoms with van der Waals surface area (Å²) in [6, 6.07) is 9.38. The first-order chi connectivity index (χ1) is 12.2. The second kappa shape index (κ2) is 8.36. The molecule has 0 spiro atoms. The van der Waals surface area contributed by atoms with E-state index in [0.717, 1.165) is 37.1 Å². The molecule has 0 N–H and O–H groups in total. The van der Waals surface area contributed by atoms with Crippen LogP contribution in [-0.4, -0.2) is 47.3 Å². The molecule has 3 rings (SSSR count). The van der Waals surface area contributed by atoms with Gasteiger partial charge in [-0.25, -0.2) is 9.17 Å². The summed E-state index contributed by atoms with van der Waals surface area (Å²) in [6.07, 6.45) is 3.79. The molecule has 0 amide bonds. The van der Waals surface area contributed by atoms with Gasteiger partial charge < -0.3 is 4.74 Å². The lowest BCUT2D eigenvalue weighted by molar-refractivity contribution is 0.0529. The summed E-state index contributed by atoms with van der Waals surface area (Å²) in [6.45, 7) is 4.24. The van der Waals surface area contributed by atoms with Gasteiger partial charge in [0.2, 0.25) is 0 Å². The number of hydrogen-bond acceptors (Lipinski definition) is 6. The maximum Gasteiger partial charge on any atom is 0.350 e. The van der Waals surface area contributed by atoms with E-state index in [1.807, 2.05) is 30.3 Å². The molecule has 0 bridgehead atoms. The zero-order valence-electron chi connectivity index (χ0n) is 14.3. The van der Waals surface area contributed by atoms with Gasteiger partial charge in [-0.2, -0.15) is 0 Å². The van der Waals surface area contributed by atoms with Crippen LogP contribution < -0.4 is 0 Å². The van der Waals surface area contributed by atoms with Crippen molar-refractivity contribution in [2.24, 2.45) is 0 Å². The van der Waals surface area contributed by atoms with Gasteiger partial charge in [0.25, 0.3) is 0 Å². The molecule has 25 heavy (non-hydrogen) atoms. The maximum atomic E-state index is 12.4. The summed E-state index contributed by atoms with van der Waals surface area (Å²) < 4.78 is 9.32. The minimum absolute atomic E-state index is 0.135. The van der Waals surface area contributed by atoms with E-state index in [9.17, 15) is 9.59 Å². The van der Waals surface area contributed by atoms with E-state index in [0.29, 0.717) is 18.0 Å². The van der Waals surface area contributed by atoms with E-state index < -0.39 is 0 Å². The maximum absolute atomic E-state index is 12.4. The summed E-state index contributed by atoms with van der Waals surface area (Å²) in [7, 11) is 0. The van der Waals surface area contributed by atoms with E-state index in [1.165, 1.54) is 11.5 Å². The fourth-order valence-corrected chi connectivity index (χ4v) is 3.99. The number of aromatic nitrogens is 1. The Bertz CT molecular complexity index is 729. The predicted octanol–water partition coefficient (Wildman–Crippen LogP) is 3.38. The molecule has 1 aliphatic rings. The highest BCUT2D eigenvalue weighted by molar-refractivity contribution is 7.08. The second-order valence-corrected chi connectivity index (χ2v) is 7.00. The third-order valence-corrected chi connectivity index (χ3v) is 5.26. The van der Waals surface area contributed by atoms with Crippen LogP contribution >= 0.6 is 11.5 Å². The smallest absolute Gasteiger partial charge is 0.350 e. The molecule has 0 aliphatic carbocycles. The number of benzene rings is 1. The molecule has 6 heteroatoms. The largest absolute Gasteiger partial charge is 0.462 e. The van der Waals surface area contributed by atoms with Crippen molar-refractivity contribution in [3.63, 3.8) is 0 Å². The Balaban J connectivity index is 1.67. The SMILES string of the molecule is CCOC(=O)c1sncc1C1CCCN(CC(=O)c2ccccc2)C1. The highest BCUT2D eigenvalue weighted by Gasteiger charge is 2.28. The number of ether oxygens (including phenoxy) is 1. The highest BCUT2D eigenvalue weighted by Crippen LogP contribution is 2.31. The third kappa shape index (κ3) is 4.32. The lowest BCUT2D eigenvalue weighted by Crippen LogP contribution is -2.38. The van der Waals surface area contributed by atoms with Crippen molar-refractivity contribution >= 4 is 23.3 Å². The Morgan fingerprint density at radius 1 is 1.32 bits per heavy atom. The number of hydrogen-bond donors (Lipinski definition) is 0. The van der Waals surface area contributed by atoms with E-state index in [2.05, 4.69) is 9.27 Å². The monoisotopic (exact) mass is 358 g/mol. The van der Waals surface area contributed by atoms with Gasteiger partial charge in [-0.1, -0.05) is 30.3 Å². The Kier molecular flexibility index (Phi) is 5.94. The van der Waals surface area contributed by atoms with Gasteiger partial charge in [-0.3, -0.25) is 9.69 Å². The number of carbonyl (C=O) groups is 2. The van der Waals surface area contributed by atoms with Crippen molar-refractivity contribution in [3.8, 4) is 0 Å². The topological polar surface area (TPSA) is 59.5 Å². The number of piperidine rings is 1. The van der Waals surface area contributed by atoms with E-state index in [4.69, 9.17) is 4.74 Å². The van der Waals surface area contributed by atoms with Crippen LogP contribution in [0.4, 0.5) is 0 Å². The molecule has 2 aromatic rings. The van der Waals surface area contributed by atoms with Crippen LogP contribution in [0.15, 0.2) is 36.5 Å². The van der Waals surface area contributed by atoms with Crippen LogP contribution in [0, 0.1) is 0 Å². The fourth-order valence-electron chi connectivity index (χ4n) is 3.26. The Hall–Kier alpha value is -2.05. The zero-order valence-corrected chi connectivity index (χ0v) is 15.1. The van der Waals surface area contributed by atoms with E-state index in [-0.39, 0.29) is 17.7 Å². The van der Waals surface area contributed by atoms with Gasteiger partial charge >= 0.3 is 5.97 Å². The first-order valence-corrected chi connectivity index (χ1v) is 9.38. The lowest BCUT2D eigenvalue weighted by Gasteiger charge is -2.32. The number of rotatable bonds is 6. The van der Waals surface area contributed by atoms with Crippen molar-refractivity contribution in [1.82, 2.24) is 9.27 Å². The molecule has 1 aromatic carbocycles. The zero-order chi connectivity index (χ0) is 17.6. The minimum Gasteiger partial charge on any atom is -0.462 e. The van der Waals surface area contributed by atoms with Crippen molar-refractivity contribution < 1.29 is 14.3 Å². The molecule has 1 aliphatic heterocycles. The predicted molar refractivity (Wildman–Crippen MR) is 97.3 cm³/mol. The Morgan fingerprint density at radius 3 is 2.88 bits per heavy atom. The quantitative estimate of drug-likeness (QED) is 0.585. The molecule has 1 aromatic heterocycles. The Morgan fingerprint density at radius 2 is 2.12 bits per heavy atom. The summed E-state index contributed by atoms with van der Waals surface area (Å²) >= 11 is 1.19. The van der Waals surface area contributed by atoms with Crippen molar-refractivity contribution in [2.45, 2.75) is 25.7 Å². The second-order valence-electron chi connectivity index (χ2n) is 6.19. The van der Waals surface area contributed by atoms with Crippen LogP contribution in [0.5, 0.6) is 0 Å². The van der Waals surface area contributed by atoms with Crippen molar-refractivity contribution in [2.75, 3.05) is 26.2 Å². The number of ketones is 1.